The number of amides is 3. The Labute approximate surface area is 288 Å². The van der Waals surface area contributed by atoms with Gasteiger partial charge in [0.15, 0.2) is 6.61 Å². The van der Waals surface area contributed by atoms with Crippen molar-refractivity contribution < 1.29 is 43.7 Å². The van der Waals surface area contributed by atoms with Crippen LogP contribution in [0.5, 0.6) is 5.75 Å². The maximum absolute atomic E-state index is 13.6. The first-order valence-corrected chi connectivity index (χ1v) is 16.8. The molecule has 0 fully saturated rings. The number of nitrogens with one attached hydrogen (secondary N) is 3. The molecule has 0 bridgehead atoms. The van der Waals surface area contributed by atoms with Gasteiger partial charge in [0.25, 0.3) is 0 Å². The van der Waals surface area contributed by atoms with E-state index in [0.717, 1.165) is 0 Å². The molecule has 3 amide bonds. The summed E-state index contributed by atoms with van der Waals surface area (Å²) in [5.41, 5.74) is 0.677. The smallest absolute Gasteiger partial charge is 0.345 e. The fourth-order valence-electron chi connectivity index (χ4n) is 5.14. The largest absolute Gasteiger partial charge is 0.482 e. The number of aromatic nitrogens is 1. The molecule has 6 atom stereocenters. The number of hydrogen-bond acceptors (Lipinski definition) is 9. The fraction of sp³-hybridized carbons (Fsp3) is 0.556. The Bertz CT molecular complexity index is 1340. The Hall–Kier alpha value is -4.52. The number of pyridine rings is 1. The van der Waals surface area contributed by atoms with Gasteiger partial charge in [-0.25, -0.2) is 9.59 Å². The second kappa shape index (κ2) is 20.8. The molecule has 0 saturated heterocycles. The van der Waals surface area contributed by atoms with Crippen molar-refractivity contribution in [2.75, 3.05) is 6.61 Å². The van der Waals surface area contributed by atoms with Crippen LogP contribution >= 0.6 is 0 Å². The fourth-order valence-corrected chi connectivity index (χ4v) is 5.14. The number of aliphatic carboxylic acids is 1. The van der Waals surface area contributed by atoms with Crippen LogP contribution < -0.4 is 20.7 Å². The lowest BCUT2D eigenvalue weighted by Crippen LogP contribution is -2.53. The molecule has 0 aliphatic carbocycles. The topological polar surface area (TPSA) is 193 Å². The Kier molecular flexibility index (Phi) is 17.2. The van der Waals surface area contributed by atoms with Gasteiger partial charge in [-0.05, 0) is 54.9 Å². The van der Waals surface area contributed by atoms with Gasteiger partial charge in [-0.3, -0.25) is 19.4 Å². The summed E-state index contributed by atoms with van der Waals surface area (Å²) < 4.78 is 10.3. The third-order valence-corrected chi connectivity index (χ3v) is 8.16. The number of hydrogen-bond donors (Lipinski definition) is 5. The van der Waals surface area contributed by atoms with Crippen LogP contribution in [0.4, 0.5) is 0 Å². The highest BCUT2D eigenvalue weighted by Gasteiger charge is 2.35. The van der Waals surface area contributed by atoms with E-state index >= 15 is 0 Å². The van der Waals surface area contributed by atoms with Gasteiger partial charge < -0.3 is 35.6 Å². The Morgan fingerprint density at radius 3 is 2.12 bits per heavy atom. The summed E-state index contributed by atoms with van der Waals surface area (Å²) in [6, 6.07) is 12.1. The summed E-state index contributed by atoms with van der Waals surface area (Å²) in [6.45, 7) is 10.9. The van der Waals surface area contributed by atoms with Crippen LogP contribution in [0.1, 0.15) is 72.9 Å². The molecule has 2 aromatic rings. The van der Waals surface area contributed by atoms with Crippen molar-refractivity contribution in [2.24, 2.45) is 23.7 Å². The van der Waals surface area contributed by atoms with E-state index in [9.17, 15) is 34.2 Å². The molecule has 270 valence electrons. The first kappa shape index (κ1) is 40.7. The van der Waals surface area contributed by atoms with Crippen molar-refractivity contribution in [3.8, 4) is 5.75 Å². The molecule has 0 aliphatic heterocycles. The SMILES string of the molecule is CC[C@H](C)[C@H](NC(=O)[C@@H](C[C@H](O)[C@H](CC(C)C)NC(=O)C[C@H](OC(=O)COc1ccccc1)C(=O)O)C(C)C)C(=O)NCc1ccccn1. The molecule has 13 nitrogen and oxygen atoms in total. The van der Waals surface area contributed by atoms with Crippen LogP contribution in [-0.2, 0) is 35.3 Å². The molecule has 0 aliphatic rings. The van der Waals surface area contributed by atoms with E-state index in [0.29, 0.717) is 24.3 Å². The number of carbonyl (C=O) groups excluding carboxylic acids is 4. The maximum Gasteiger partial charge on any atom is 0.345 e. The quantitative estimate of drug-likeness (QED) is 0.122. The van der Waals surface area contributed by atoms with E-state index < -0.39 is 67.0 Å². The van der Waals surface area contributed by atoms with Crippen LogP contribution in [0.2, 0.25) is 0 Å². The molecule has 49 heavy (non-hydrogen) atoms. The minimum atomic E-state index is -1.78. The average Bonchev–Trinajstić information content (AvgIpc) is 3.06. The predicted octanol–water partition coefficient (Wildman–Crippen LogP) is 3.25. The number of para-hydroxylation sites is 1. The highest BCUT2D eigenvalue weighted by atomic mass is 16.6. The Morgan fingerprint density at radius 1 is 0.878 bits per heavy atom. The van der Waals surface area contributed by atoms with Crippen LogP contribution in [0.25, 0.3) is 0 Å². The van der Waals surface area contributed by atoms with Crippen LogP contribution in [0.3, 0.4) is 0 Å². The van der Waals surface area contributed by atoms with Crippen LogP contribution in [0, 0.1) is 23.7 Å². The molecule has 1 aromatic carbocycles. The number of benzene rings is 1. The maximum atomic E-state index is 13.6. The third kappa shape index (κ3) is 14.6. The molecule has 5 N–H and O–H groups in total. The summed E-state index contributed by atoms with van der Waals surface area (Å²) in [4.78, 5) is 68.2. The zero-order valence-electron chi connectivity index (χ0n) is 29.3. The zero-order valence-corrected chi connectivity index (χ0v) is 29.3. The van der Waals surface area contributed by atoms with Crippen molar-refractivity contribution in [3.05, 3.63) is 60.4 Å². The minimum absolute atomic E-state index is 0.0205. The van der Waals surface area contributed by atoms with E-state index in [4.69, 9.17) is 9.47 Å². The van der Waals surface area contributed by atoms with E-state index in [1.54, 1.807) is 48.7 Å². The van der Waals surface area contributed by atoms with E-state index in [-0.39, 0.29) is 36.6 Å². The predicted molar refractivity (Wildman–Crippen MR) is 182 cm³/mol. The molecule has 0 spiro atoms. The highest BCUT2D eigenvalue weighted by molar-refractivity contribution is 5.89. The van der Waals surface area contributed by atoms with Gasteiger partial charge in [0.05, 0.1) is 30.8 Å². The molecular formula is C36H52N4O9. The van der Waals surface area contributed by atoms with Gasteiger partial charge in [-0.15, -0.1) is 0 Å². The first-order chi connectivity index (χ1) is 23.2. The molecule has 1 heterocycles. The summed E-state index contributed by atoms with van der Waals surface area (Å²) in [6.07, 6.45) is -1.09. The lowest BCUT2D eigenvalue weighted by atomic mass is 9.85. The summed E-state index contributed by atoms with van der Waals surface area (Å²) in [5.74, 6) is -4.69. The van der Waals surface area contributed by atoms with Crippen LogP contribution in [0.15, 0.2) is 54.7 Å². The lowest BCUT2D eigenvalue weighted by molar-refractivity contribution is -0.166. The number of ether oxygens (including phenoxy) is 2. The third-order valence-electron chi connectivity index (χ3n) is 8.16. The normalized spacial score (nSPS) is 14.9. The van der Waals surface area contributed by atoms with Crippen LogP contribution in [-0.4, -0.2) is 75.8 Å². The van der Waals surface area contributed by atoms with E-state index in [1.165, 1.54) is 0 Å². The number of carboxylic acid groups (broad SMARTS) is 1. The number of aliphatic hydroxyl groups is 1. The number of nitrogens with zero attached hydrogens (tertiary/aromatic N) is 1. The van der Waals surface area contributed by atoms with Gasteiger partial charge in [0, 0.05) is 12.1 Å². The van der Waals surface area contributed by atoms with Crippen molar-refractivity contribution in [2.45, 2.75) is 98.1 Å². The van der Waals surface area contributed by atoms with E-state index in [2.05, 4.69) is 20.9 Å². The van der Waals surface area contributed by atoms with Crippen molar-refractivity contribution in [1.29, 1.82) is 0 Å². The summed E-state index contributed by atoms with van der Waals surface area (Å²) in [5, 5.41) is 29.4. The molecule has 2 rings (SSSR count). The van der Waals surface area contributed by atoms with Gasteiger partial charge >= 0.3 is 11.9 Å². The molecule has 0 radical (unpaired) electrons. The van der Waals surface area contributed by atoms with Crippen molar-refractivity contribution in [1.82, 2.24) is 20.9 Å². The summed E-state index contributed by atoms with van der Waals surface area (Å²) >= 11 is 0. The second-order valence-corrected chi connectivity index (χ2v) is 13.0. The standard InChI is InChI=1S/C36H52N4O9/c1-7-24(6)33(35(45)38-20-25-13-11-12-16-37-25)40-34(44)27(23(4)5)18-29(41)28(17-22(2)3)39-31(42)19-30(36(46)47)49-32(43)21-48-26-14-9-8-10-15-26/h8-16,22-24,27-30,33,41H,7,17-21H2,1-6H3,(H,38,45)(H,39,42)(H,40,44)(H,46,47)/t24-,27-,28-,29-,30-,33-/m0/s1. The molecule has 1 aromatic heterocycles. The molecule has 13 heteroatoms. The van der Waals surface area contributed by atoms with Gasteiger partial charge in [0.2, 0.25) is 23.8 Å². The van der Waals surface area contributed by atoms with Gasteiger partial charge in [-0.1, -0.05) is 72.2 Å². The number of carbonyl (C=O) groups is 5. The number of aliphatic hydroxyl groups excluding tert-OH is 1. The average molecular weight is 685 g/mol. The minimum Gasteiger partial charge on any atom is -0.482 e. The van der Waals surface area contributed by atoms with Crippen molar-refractivity contribution in [3.63, 3.8) is 0 Å². The summed E-state index contributed by atoms with van der Waals surface area (Å²) in [7, 11) is 0. The first-order valence-electron chi connectivity index (χ1n) is 16.8. The Morgan fingerprint density at radius 2 is 1.55 bits per heavy atom. The van der Waals surface area contributed by atoms with Gasteiger partial charge in [-0.2, -0.15) is 0 Å². The number of esters is 1. The number of rotatable bonds is 21. The van der Waals surface area contributed by atoms with Gasteiger partial charge in [0.1, 0.15) is 11.8 Å². The molecular weight excluding hydrogens is 632 g/mol. The monoisotopic (exact) mass is 684 g/mol. The second-order valence-electron chi connectivity index (χ2n) is 13.0. The Balaban J connectivity index is 2.07. The zero-order chi connectivity index (χ0) is 36.5. The lowest BCUT2D eigenvalue weighted by Gasteiger charge is -2.31. The highest BCUT2D eigenvalue weighted by Crippen LogP contribution is 2.23. The number of carboxylic acids is 1. The van der Waals surface area contributed by atoms with E-state index in [1.807, 2.05) is 47.6 Å². The van der Waals surface area contributed by atoms with Crippen molar-refractivity contribution >= 4 is 29.7 Å². The molecule has 0 unspecified atom stereocenters. The molecule has 0 saturated carbocycles.